The first kappa shape index (κ1) is 24.4. The van der Waals surface area contributed by atoms with E-state index in [1.54, 1.807) is 0 Å². The number of nitrogens with one attached hydrogen (secondary N) is 1. The van der Waals surface area contributed by atoms with Crippen LogP contribution < -0.4 is 5.32 Å². The molecule has 1 aliphatic heterocycles. The average Bonchev–Trinajstić information content (AvgIpc) is 2.72. The Bertz CT molecular complexity index is 614. The highest BCUT2D eigenvalue weighted by atomic mass is 127. The lowest BCUT2D eigenvalue weighted by atomic mass is 10.2. The minimum atomic E-state index is -0.142. The molecule has 0 aliphatic carbocycles. The fourth-order valence-corrected chi connectivity index (χ4v) is 3.07. The first-order valence-electron chi connectivity index (χ1n) is 9.69. The topological polar surface area (TPSA) is 57.2 Å². The highest BCUT2D eigenvalue weighted by Crippen LogP contribution is 2.05. The van der Waals surface area contributed by atoms with E-state index in [1.165, 1.54) is 12.7 Å². The van der Waals surface area contributed by atoms with Gasteiger partial charge in [0.25, 0.3) is 0 Å². The molecule has 0 aromatic heterocycles. The number of esters is 1. The highest BCUT2D eigenvalue weighted by molar-refractivity contribution is 14.0. The van der Waals surface area contributed by atoms with Crippen LogP contribution in [-0.4, -0.2) is 75.2 Å². The second-order valence-electron chi connectivity index (χ2n) is 6.61. The molecule has 0 unspecified atom stereocenters. The number of halogens is 1. The van der Waals surface area contributed by atoms with E-state index >= 15 is 0 Å². The van der Waals surface area contributed by atoms with E-state index < -0.39 is 0 Å². The molecule has 1 heterocycles. The van der Waals surface area contributed by atoms with Crippen LogP contribution in [0.25, 0.3) is 6.08 Å². The first-order chi connectivity index (χ1) is 13.2. The van der Waals surface area contributed by atoms with Crippen molar-refractivity contribution in [1.82, 2.24) is 15.1 Å². The minimum absolute atomic E-state index is 0. The molecule has 28 heavy (non-hydrogen) atoms. The second kappa shape index (κ2) is 14.4. The van der Waals surface area contributed by atoms with Crippen LogP contribution in [0.4, 0.5) is 0 Å². The van der Waals surface area contributed by atoms with Gasteiger partial charge in [0.05, 0.1) is 7.11 Å². The van der Waals surface area contributed by atoms with Crippen LogP contribution >= 0.6 is 24.0 Å². The van der Waals surface area contributed by atoms with Gasteiger partial charge in [0.2, 0.25) is 0 Å². The van der Waals surface area contributed by atoms with Crippen molar-refractivity contribution >= 4 is 42.0 Å². The van der Waals surface area contributed by atoms with Gasteiger partial charge in [-0.15, -0.1) is 24.0 Å². The number of benzene rings is 1. The Morgan fingerprint density at radius 3 is 2.54 bits per heavy atom. The number of nitrogens with zero attached hydrogens (tertiary/aromatic N) is 3. The minimum Gasteiger partial charge on any atom is -0.469 e. The molecule has 0 spiro atoms. The van der Waals surface area contributed by atoms with Gasteiger partial charge in [-0.1, -0.05) is 42.5 Å². The summed E-state index contributed by atoms with van der Waals surface area (Å²) >= 11 is 0. The summed E-state index contributed by atoms with van der Waals surface area (Å²) in [4.78, 5) is 20.3. The maximum absolute atomic E-state index is 11.1. The number of hydrogen-bond donors (Lipinski definition) is 1. The molecule has 7 heteroatoms. The summed E-state index contributed by atoms with van der Waals surface area (Å²) < 4.78 is 4.66. The van der Waals surface area contributed by atoms with Gasteiger partial charge in [0.15, 0.2) is 5.96 Å². The summed E-state index contributed by atoms with van der Waals surface area (Å²) in [7, 11) is 3.26. The van der Waals surface area contributed by atoms with Crippen molar-refractivity contribution in [3.63, 3.8) is 0 Å². The Balaban J connectivity index is 0.00000392. The van der Waals surface area contributed by atoms with Crippen molar-refractivity contribution in [3.8, 4) is 0 Å². The van der Waals surface area contributed by atoms with Gasteiger partial charge in [0.1, 0.15) is 0 Å². The van der Waals surface area contributed by atoms with Crippen molar-refractivity contribution in [2.45, 2.75) is 19.3 Å². The van der Waals surface area contributed by atoms with E-state index in [0.717, 1.165) is 58.1 Å². The summed E-state index contributed by atoms with van der Waals surface area (Å²) in [5.74, 6) is 0.810. The Hall–Kier alpha value is -1.61. The number of hydrogen-bond acceptors (Lipinski definition) is 4. The number of methoxy groups -OCH3 is 1. The molecule has 1 aromatic rings. The largest absolute Gasteiger partial charge is 0.469 e. The van der Waals surface area contributed by atoms with Crippen LogP contribution in [0.5, 0.6) is 0 Å². The molecule has 1 aliphatic rings. The fraction of sp³-hybridized carbons (Fsp3) is 0.524. The Kier molecular flexibility index (Phi) is 12.6. The third-order valence-electron chi connectivity index (χ3n) is 4.68. The molecule has 0 saturated carbocycles. The molecule has 156 valence electrons. The van der Waals surface area contributed by atoms with Crippen LogP contribution in [0.2, 0.25) is 0 Å². The third-order valence-corrected chi connectivity index (χ3v) is 4.68. The lowest BCUT2D eigenvalue weighted by Crippen LogP contribution is -2.52. The molecule has 6 nitrogen and oxygen atoms in total. The number of carbonyl (C=O) groups excluding carboxylic acids is 1. The van der Waals surface area contributed by atoms with Crippen molar-refractivity contribution in [2.75, 3.05) is 53.4 Å². The molecule has 0 radical (unpaired) electrons. The summed E-state index contributed by atoms with van der Waals surface area (Å²) in [6, 6.07) is 10.4. The first-order valence-corrected chi connectivity index (χ1v) is 9.69. The van der Waals surface area contributed by atoms with E-state index in [-0.39, 0.29) is 29.9 Å². The van der Waals surface area contributed by atoms with Gasteiger partial charge in [-0.05, 0) is 18.4 Å². The van der Waals surface area contributed by atoms with Gasteiger partial charge >= 0.3 is 5.97 Å². The smallest absolute Gasteiger partial charge is 0.305 e. The molecular formula is C21H33IN4O2. The van der Waals surface area contributed by atoms with E-state index in [2.05, 4.69) is 61.3 Å². The van der Waals surface area contributed by atoms with Crippen molar-refractivity contribution < 1.29 is 9.53 Å². The number of guanidine groups is 1. The lowest BCUT2D eigenvalue weighted by molar-refractivity contribution is -0.140. The molecule has 1 N–H and O–H groups in total. The zero-order chi connectivity index (χ0) is 19.3. The van der Waals surface area contributed by atoms with E-state index in [4.69, 9.17) is 0 Å². The van der Waals surface area contributed by atoms with Gasteiger partial charge in [-0.2, -0.15) is 0 Å². The number of aliphatic imine (C=N–C) groups is 1. The summed E-state index contributed by atoms with van der Waals surface area (Å²) in [5, 5.41) is 3.40. The van der Waals surface area contributed by atoms with Crippen molar-refractivity contribution in [3.05, 3.63) is 42.0 Å². The maximum atomic E-state index is 11.1. The Labute approximate surface area is 186 Å². The zero-order valence-electron chi connectivity index (χ0n) is 17.0. The van der Waals surface area contributed by atoms with Gasteiger partial charge in [0, 0.05) is 52.7 Å². The van der Waals surface area contributed by atoms with Crippen LogP contribution in [0.15, 0.2) is 41.4 Å². The molecule has 0 atom stereocenters. The SMILES string of the molecule is CN=C(NCCCCC(=O)OC)N1CCN(CC=Cc2ccccc2)CC1.I. The maximum Gasteiger partial charge on any atom is 0.305 e. The monoisotopic (exact) mass is 500 g/mol. The second-order valence-corrected chi connectivity index (χ2v) is 6.61. The van der Waals surface area contributed by atoms with Crippen LogP contribution in [-0.2, 0) is 9.53 Å². The molecule has 1 aromatic carbocycles. The number of unbranched alkanes of at least 4 members (excludes halogenated alkanes) is 1. The average molecular weight is 500 g/mol. The van der Waals surface area contributed by atoms with Crippen molar-refractivity contribution in [1.29, 1.82) is 0 Å². The molecule has 1 saturated heterocycles. The number of carbonyl (C=O) groups is 1. The quantitative estimate of drug-likeness (QED) is 0.196. The van der Waals surface area contributed by atoms with E-state index in [9.17, 15) is 4.79 Å². The molecule has 2 rings (SSSR count). The van der Waals surface area contributed by atoms with Crippen molar-refractivity contribution in [2.24, 2.45) is 4.99 Å². The number of rotatable bonds is 8. The standard InChI is InChI=1S/C21H32N4O2.HI/c1-22-21(23-13-7-6-12-20(26)27-2)25-17-15-24(16-18-25)14-8-11-19-9-4-3-5-10-19;/h3-5,8-11H,6-7,12-18H2,1-2H3,(H,22,23);1H. The third kappa shape index (κ3) is 9.05. The van der Waals surface area contributed by atoms with E-state index in [0.29, 0.717) is 6.42 Å². The van der Waals surface area contributed by atoms with Gasteiger partial charge in [-0.25, -0.2) is 0 Å². The number of ether oxygens (including phenoxy) is 1. The number of piperazine rings is 1. The predicted molar refractivity (Wildman–Crippen MR) is 126 cm³/mol. The zero-order valence-corrected chi connectivity index (χ0v) is 19.3. The molecule has 0 bridgehead atoms. The summed E-state index contributed by atoms with van der Waals surface area (Å²) in [6.45, 7) is 5.80. The normalized spacial score (nSPS) is 15.4. The van der Waals surface area contributed by atoms with Crippen LogP contribution in [0.3, 0.4) is 0 Å². The summed E-state index contributed by atoms with van der Waals surface area (Å²) in [6.07, 6.45) is 6.66. The van der Waals surface area contributed by atoms with Gasteiger partial charge in [-0.3, -0.25) is 14.7 Å². The lowest BCUT2D eigenvalue weighted by Gasteiger charge is -2.36. The molecule has 0 amide bonds. The summed E-state index contributed by atoms with van der Waals surface area (Å²) in [5.41, 5.74) is 1.24. The molecular weight excluding hydrogens is 467 g/mol. The predicted octanol–water partition coefficient (Wildman–Crippen LogP) is 2.85. The Morgan fingerprint density at radius 1 is 1.18 bits per heavy atom. The Morgan fingerprint density at radius 2 is 1.89 bits per heavy atom. The fourth-order valence-electron chi connectivity index (χ4n) is 3.07. The highest BCUT2D eigenvalue weighted by Gasteiger charge is 2.18. The molecule has 1 fully saturated rings. The van der Waals surface area contributed by atoms with E-state index in [1.807, 2.05) is 13.1 Å². The van der Waals surface area contributed by atoms with Gasteiger partial charge < -0.3 is 15.0 Å². The van der Waals surface area contributed by atoms with Crippen LogP contribution in [0.1, 0.15) is 24.8 Å². The van der Waals surface area contributed by atoms with Crippen LogP contribution in [0, 0.1) is 0 Å².